The van der Waals surface area contributed by atoms with Crippen molar-refractivity contribution in [1.82, 2.24) is 0 Å². The number of methoxy groups -OCH3 is 1. The molecule has 86 valence electrons. The molecule has 0 saturated heterocycles. The Morgan fingerprint density at radius 1 is 1.50 bits per heavy atom. The number of benzene rings is 1. The van der Waals surface area contributed by atoms with Crippen molar-refractivity contribution in [1.29, 1.82) is 0 Å². The van der Waals surface area contributed by atoms with Gasteiger partial charge in [0.25, 0.3) is 0 Å². The Balaban J connectivity index is 2.88. The van der Waals surface area contributed by atoms with E-state index in [2.05, 4.69) is 5.16 Å². The minimum absolute atomic E-state index is 0.319. The molecule has 1 aromatic carbocycles. The summed E-state index contributed by atoms with van der Waals surface area (Å²) in [5, 5.41) is 19.7. The van der Waals surface area contributed by atoms with Gasteiger partial charge in [0, 0.05) is 5.56 Å². The van der Waals surface area contributed by atoms with Gasteiger partial charge in [0.2, 0.25) is 0 Å². The van der Waals surface area contributed by atoms with E-state index in [1.807, 2.05) is 0 Å². The average Bonchev–Trinajstić information content (AvgIpc) is 2.27. The number of ether oxygens (including phenoxy) is 2. The van der Waals surface area contributed by atoms with Crippen molar-refractivity contribution in [3.05, 3.63) is 23.8 Å². The van der Waals surface area contributed by atoms with E-state index in [1.54, 1.807) is 18.2 Å². The first kappa shape index (κ1) is 11.8. The van der Waals surface area contributed by atoms with Crippen LogP contribution in [-0.4, -0.2) is 36.2 Å². The van der Waals surface area contributed by atoms with Crippen LogP contribution in [0.2, 0.25) is 0 Å². The van der Waals surface area contributed by atoms with Gasteiger partial charge in [0.1, 0.15) is 0 Å². The Kier molecular flexibility index (Phi) is 4.14. The molecule has 0 aliphatic heterocycles. The minimum Gasteiger partial charge on any atom is -0.493 e. The van der Waals surface area contributed by atoms with Crippen LogP contribution in [-0.2, 0) is 4.79 Å². The van der Waals surface area contributed by atoms with Gasteiger partial charge >= 0.3 is 5.97 Å². The van der Waals surface area contributed by atoms with Gasteiger partial charge in [-0.15, -0.1) is 0 Å². The van der Waals surface area contributed by atoms with Crippen molar-refractivity contribution < 1.29 is 24.6 Å². The molecule has 0 spiro atoms. The van der Waals surface area contributed by atoms with Crippen LogP contribution in [0.25, 0.3) is 0 Å². The molecule has 0 unspecified atom stereocenters. The van der Waals surface area contributed by atoms with E-state index < -0.39 is 12.6 Å². The number of hydrogen-bond donors (Lipinski definition) is 2. The first-order chi connectivity index (χ1) is 7.67. The SMILES string of the molecule is COc1cc(C=NO)ccc1OCC(=O)O. The summed E-state index contributed by atoms with van der Waals surface area (Å²) in [5.41, 5.74) is 0.613. The second-order valence-corrected chi connectivity index (χ2v) is 2.84. The van der Waals surface area contributed by atoms with Crippen LogP contribution < -0.4 is 9.47 Å². The second kappa shape index (κ2) is 5.59. The molecular formula is C10H11NO5. The van der Waals surface area contributed by atoms with Crippen molar-refractivity contribution in [2.45, 2.75) is 0 Å². The van der Waals surface area contributed by atoms with Gasteiger partial charge in [0.05, 0.1) is 13.3 Å². The molecule has 0 aromatic heterocycles. The Morgan fingerprint density at radius 3 is 2.81 bits per heavy atom. The summed E-state index contributed by atoms with van der Waals surface area (Å²) < 4.78 is 9.99. The molecule has 0 bridgehead atoms. The lowest BCUT2D eigenvalue weighted by Crippen LogP contribution is -2.10. The number of carbonyl (C=O) groups is 1. The van der Waals surface area contributed by atoms with Gasteiger partial charge in [-0.2, -0.15) is 0 Å². The lowest BCUT2D eigenvalue weighted by molar-refractivity contribution is -0.139. The van der Waals surface area contributed by atoms with Gasteiger partial charge < -0.3 is 19.8 Å². The molecular weight excluding hydrogens is 214 g/mol. The molecule has 1 rings (SSSR count). The molecule has 0 fully saturated rings. The lowest BCUT2D eigenvalue weighted by Gasteiger charge is -2.09. The van der Waals surface area contributed by atoms with Crippen LogP contribution in [0.3, 0.4) is 0 Å². The fourth-order valence-electron chi connectivity index (χ4n) is 1.09. The van der Waals surface area contributed by atoms with Crippen molar-refractivity contribution in [3.63, 3.8) is 0 Å². The Labute approximate surface area is 91.7 Å². The highest BCUT2D eigenvalue weighted by Crippen LogP contribution is 2.27. The van der Waals surface area contributed by atoms with E-state index in [-0.39, 0.29) is 0 Å². The topological polar surface area (TPSA) is 88.4 Å². The van der Waals surface area contributed by atoms with Crippen LogP contribution in [0.5, 0.6) is 11.5 Å². The number of aliphatic carboxylic acids is 1. The summed E-state index contributed by atoms with van der Waals surface area (Å²) >= 11 is 0. The van der Waals surface area contributed by atoms with Crippen LogP contribution >= 0.6 is 0 Å². The van der Waals surface area contributed by atoms with Crippen molar-refractivity contribution in [3.8, 4) is 11.5 Å². The van der Waals surface area contributed by atoms with Crippen LogP contribution in [0.1, 0.15) is 5.56 Å². The van der Waals surface area contributed by atoms with Gasteiger partial charge in [-0.3, -0.25) is 0 Å². The maximum atomic E-state index is 10.3. The van der Waals surface area contributed by atoms with Crippen molar-refractivity contribution in [2.75, 3.05) is 13.7 Å². The number of oxime groups is 1. The van der Waals surface area contributed by atoms with E-state index in [1.165, 1.54) is 13.3 Å². The summed E-state index contributed by atoms with van der Waals surface area (Å²) in [6.07, 6.45) is 1.23. The molecule has 0 heterocycles. The Bertz CT molecular complexity index is 402. The maximum absolute atomic E-state index is 10.3. The van der Waals surface area contributed by atoms with Crippen LogP contribution in [0.4, 0.5) is 0 Å². The third kappa shape index (κ3) is 3.16. The Morgan fingerprint density at radius 2 is 2.25 bits per heavy atom. The van der Waals surface area contributed by atoms with Crippen LogP contribution in [0.15, 0.2) is 23.4 Å². The summed E-state index contributed by atoms with van der Waals surface area (Å²) in [7, 11) is 1.43. The molecule has 1 aromatic rings. The van der Waals surface area contributed by atoms with Crippen molar-refractivity contribution >= 4 is 12.2 Å². The maximum Gasteiger partial charge on any atom is 0.341 e. The highest BCUT2D eigenvalue weighted by Gasteiger charge is 2.06. The molecule has 0 aliphatic rings. The zero-order chi connectivity index (χ0) is 12.0. The predicted octanol–water partition coefficient (Wildman–Crippen LogP) is 0.967. The number of carboxylic acid groups (broad SMARTS) is 1. The van der Waals surface area contributed by atoms with E-state index in [0.717, 1.165) is 0 Å². The Hall–Kier alpha value is -2.24. The van der Waals surface area contributed by atoms with E-state index in [9.17, 15) is 4.79 Å². The first-order valence-electron chi connectivity index (χ1n) is 4.37. The zero-order valence-electron chi connectivity index (χ0n) is 8.58. The van der Waals surface area contributed by atoms with E-state index >= 15 is 0 Å². The number of rotatable bonds is 5. The molecule has 6 heteroatoms. The lowest BCUT2D eigenvalue weighted by atomic mass is 10.2. The molecule has 0 saturated carbocycles. The fraction of sp³-hybridized carbons (Fsp3) is 0.200. The summed E-state index contributed by atoms with van der Waals surface area (Å²) in [6.45, 7) is -0.441. The van der Waals surface area contributed by atoms with Gasteiger partial charge in [-0.25, -0.2) is 4.79 Å². The third-order valence-corrected chi connectivity index (χ3v) is 1.75. The van der Waals surface area contributed by atoms with Crippen LogP contribution in [0, 0.1) is 0 Å². The molecule has 0 atom stereocenters. The summed E-state index contributed by atoms with van der Waals surface area (Å²) in [4.78, 5) is 10.3. The largest absolute Gasteiger partial charge is 0.493 e. The highest BCUT2D eigenvalue weighted by molar-refractivity contribution is 5.80. The molecule has 16 heavy (non-hydrogen) atoms. The summed E-state index contributed by atoms with van der Waals surface area (Å²) in [5.74, 6) is -0.373. The smallest absolute Gasteiger partial charge is 0.341 e. The molecule has 0 aliphatic carbocycles. The quantitative estimate of drug-likeness (QED) is 0.442. The molecule has 2 N–H and O–H groups in total. The fourth-order valence-corrected chi connectivity index (χ4v) is 1.09. The predicted molar refractivity (Wildman–Crippen MR) is 55.5 cm³/mol. The normalized spacial score (nSPS) is 10.3. The standard InChI is InChI=1S/C10H11NO5/c1-15-9-4-7(5-11-14)2-3-8(9)16-6-10(12)13/h2-5,14H,6H2,1H3,(H,12,13). The van der Waals surface area contributed by atoms with Gasteiger partial charge in [-0.05, 0) is 18.2 Å². The minimum atomic E-state index is -1.07. The highest BCUT2D eigenvalue weighted by atomic mass is 16.5. The first-order valence-corrected chi connectivity index (χ1v) is 4.37. The third-order valence-electron chi connectivity index (χ3n) is 1.75. The average molecular weight is 225 g/mol. The number of carboxylic acids is 1. The van der Waals surface area contributed by atoms with Crippen molar-refractivity contribution in [2.24, 2.45) is 5.16 Å². The second-order valence-electron chi connectivity index (χ2n) is 2.84. The van der Waals surface area contributed by atoms with Gasteiger partial charge in [-0.1, -0.05) is 5.16 Å². The van der Waals surface area contributed by atoms with E-state index in [4.69, 9.17) is 19.8 Å². The molecule has 0 radical (unpaired) electrons. The van der Waals surface area contributed by atoms with E-state index in [0.29, 0.717) is 17.1 Å². The van der Waals surface area contributed by atoms with Gasteiger partial charge in [0.15, 0.2) is 18.1 Å². The molecule has 6 nitrogen and oxygen atoms in total. The monoisotopic (exact) mass is 225 g/mol. The zero-order valence-corrected chi connectivity index (χ0v) is 8.58. The summed E-state index contributed by atoms with van der Waals surface area (Å²) in [6, 6.07) is 4.72. The number of hydrogen-bond acceptors (Lipinski definition) is 5. The molecule has 0 amide bonds. The number of nitrogens with zero attached hydrogens (tertiary/aromatic N) is 1.